The second-order valence-electron chi connectivity index (χ2n) is 4.37. The van der Waals surface area contributed by atoms with Gasteiger partial charge in [0.05, 0.1) is 12.0 Å². The number of carbonyl (C=O) groups excluding carboxylic acids is 2. The molecule has 1 aromatic heterocycles. The Labute approximate surface area is 125 Å². The van der Waals surface area contributed by atoms with Gasteiger partial charge in [-0.2, -0.15) is 5.10 Å². The maximum Gasteiger partial charge on any atom is 0.359 e. The van der Waals surface area contributed by atoms with Crippen molar-refractivity contribution in [3.8, 4) is 0 Å². The number of hydrogen-bond donors (Lipinski definition) is 2. The van der Waals surface area contributed by atoms with E-state index in [0.717, 1.165) is 0 Å². The molecule has 1 heterocycles. The zero-order valence-electron chi connectivity index (χ0n) is 11.9. The molecule has 0 aliphatic carbocycles. The summed E-state index contributed by atoms with van der Waals surface area (Å²) in [6, 6.07) is 6.52. The van der Waals surface area contributed by atoms with Crippen LogP contribution in [-0.2, 0) is 14.3 Å². The van der Waals surface area contributed by atoms with E-state index in [4.69, 9.17) is 9.47 Å². The lowest BCUT2D eigenvalue weighted by Gasteiger charge is -2.07. The zero-order valence-corrected chi connectivity index (χ0v) is 11.9. The van der Waals surface area contributed by atoms with E-state index in [1.807, 2.05) is 0 Å². The molecule has 0 fully saturated rings. The minimum atomic E-state index is -0.783. The first kappa shape index (κ1) is 15.6. The number of carbonyl (C=O) groups is 2. The van der Waals surface area contributed by atoms with Crippen LogP contribution in [0.3, 0.4) is 0 Å². The lowest BCUT2D eigenvalue weighted by atomic mass is 10.1. The Morgan fingerprint density at radius 1 is 1.27 bits per heavy atom. The predicted molar refractivity (Wildman–Crippen MR) is 77.5 cm³/mol. The second-order valence-corrected chi connectivity index (χ2v) is 4.37. The monoisotopic (exact) mass is 305 g/mol. The van der Waals surface area contributed by atoms with Gasteiger partial charge < -0.3 is 14.8 Å². The Bertz CT molecular complexity index is 741. The van der Waals surface area contributed by atoms with E-state index in [0.29, 0.717) is 23.9 Å². The summed E-state index contributed by atoms with van der Waals surface area (Å²) in [4.78, 5) is 35.1. The number of ether oxygens (including phenoxy) is 2. The molecule has 0 spiro atoms. The fourth-order valence-electron chi connectivity index (χ4n) is 1.81. The highest BCUT2D eigenvalue weighted by Gasteiger charge is 2.16. The molecule has 1 amide bonds. The van der Waals surface area contributed by atoms with Gasteiger partial charge in [0.1, 0.15) is 0 Å². The lowest BCUT2D eigenvalue weighted by molar-refractivity contribution is -0.124. The molecule has 22 heavy (non-hydrogen) atoms. The molecule has 0 saturated carbocycles. The van der Waals surface area contributed by atoms with Gasteiger partial charge >= 0.3 is 5.97 Å². The number of H-pyrrole nitrogens is 1. The Morgan fingerprint density at radius 3 is 2.73 bits per heavy atom. The lowest BCUT2D eigenvalue weighted by Crippen LogP contribution is -2.31. The van der Waals surface area contributed by atoms with E-state index in [1.165, 1.54) is 7.11 Å². The van der Waals surface area contributed by atoms with Crippen LogP contribution in [0.15, 0.2) is 29.1 Å². The van der Waals surface area contributed by atoms with E-state index in [-0.39, 0.29) is 5.69 Å². The number of fused-ring (bicyclic) bond motifs is 1. The van der Waals surface area contributed by atoms with Gasteiger partial charge in [-0.15, -0.1) is 0 Å². The summed E-state index contributed by atoms with van der Waals surface area (Å²) in [5.74, 6) is -1.23. The predicted octanol–water partition coefficient (Wildman–Crippen LogP) is -0.157. The van der Waals surface area contributed by atoms with Crippen molar-refractivity contribution >= 4 is 22.6 Å². The molecule has 8 heteroatoms. The molecule has 116 valence electrons. The Morgan fingerprint density at radius 2 is 2.00 bits per heavy atom. The van der Waals surface area contributed by atoms with Crippen molar-refractivity contribution in [1.29, 1.82) is 0 Å². The van der Waals surface area contributed by atoms with Gasteiger partial charge in [0.2, 0.25) is 0 Å². The molecular formula is C14H15N3O5. The SMILES string of the molecule is COCCNC(=O)COC(=O)c1n[nH]c(=O)c2ccccc12. The molecule has 0 radical (unpaired) electrons. The molecule has 0 bridgehead atoms. The number of amides is 1. The smallest absolute Gasteiger partial charge is 0.359 e. The largest absolute Gasteiger partial charge is 0.451 e. The molecule has 8 nitrogen and oxygen atoms in total. The first-order valence-corrected chi connectivity index (χ1v) is 6.53. The summed E-state index contributed by atoms with van der Waals surface area (Å²) in [6.07, 6.45) is 0. The topological polar surface area (TPSA) is 110 Å². The number of nitrogens with one attached hydrogen (secondary N) is 2. The summed E-state index contributed by atoms with van der Waals surface area (Å²) in [7, 11) is 1.51. The number of aromatic nitrogens is 2. The van der Waals surface area contributed by atoms with Gasteiger partial charge in [0.15, 0.2) is 12.3 Å². The zero-order chi connectivity index (χ0) is 15.9. The molecule has 0 unspecified atom stereocenters. The third-order valence-corrected chi connectivity index (χ3v) is 2.85. The fourth-order valence-corrected chi connectivity index (χ4v) is 1.81. The highest BCUT2D eigenvalue weighted by atomic mass is 16.5. The molecule has 0 aliphatic rings. The average molecular weight is 305 g/mol. The summed E-state index contributed by atoms with van der Waals surface area (Å²) in [6.45, 7) is 0.260. The fraction of sp³-hybridized carbons (Fsp3) is 0.286. The summed E-state index contributed by atoms with van der Waals surface area (Å²) in [5, 5.41) is 9.14. The highest BCUT2D eigenvalue weighted by molar-refractivity contribution is 6.02. The van der Waals surface area contributed by atoms with Crippen LogP contribution < -0.4 is 10.9 Å². The van der Waals surface area contributed by atoms with Crippen molar-refractivity contribution in [1.82, 2.24) is 15.5 Å². The minimum Gasteiger partial charge on any atom is -0.451 e. The van der Waals surface area contributed by atoms with Crippen molar-refractivity contribution in [2.75, 3.05) is 26.9 Å². The number of benzene rings is 1. The van der Waals surface area contributed by atoms with E-state index in [2.05, 4.69) is 15.5 Å². The number of nitrogens with zero attached hydrogens (tertiary/aromatic N) is 1. The number of aromatic amines is 1. The Balaban J connectivity index is 2.06. The molecule has 0 atom stereocenters. The van der Waals surface area contributed by atoms with Gasteiger partial charge in [0.25, 0.3) is 11.5 Å². The standard InChI is InChI=1S/C14H15N3O5/c1-21-7-6-15-11(18)8-22-14(20)12-9-4-2-3-5-10(9)13(19)17-16-12/h2-5H,6-8H2,1H3,(H,15,18)(H,17,19). The van der Waals surface area contributed by atoms with Crippen molar-refractivity contribution in [3.05, 3.63) is 40.3 Å². The number of hydrogen-bond acceptors (Lipinski definition) is 6. The van der Waals surface area contributed by atoms with Crippen molar-refractivity contribution in [3.63, 3.8) is 0 Å². The van der Waals surface area contributed by atoms with Crippen LogP contribution in [0.1, 0.15) is 10.5 Å². The molecule has 1 aromatic carbocycles. The van der Waals surface area contributed by atoms with Gasteiger partial charge in [-0.05, 0) is 6.07 Å². The van der Waals surface area contributed by atoms with Gasteiger partial charge in [-0.3, -0.25) is 9.59 Å². The maximum absolute atomic E-state index is 12.0. The van der Waals surface area contributed by atoms with Crippen LogP contribution >= 0.6 is 0 Å². The van der Waals surface area contributed by atoms with E-state index in [1.54, 1.807) is 24.3 Å². The van der Waals surface area contributed by atoms with Crippen molar-refractivity contribution < 1.29 is 19.1 Å². The second kappa shape index (κ2) is 7.32. The van der Waals surface area contributed by atoms with Crippen LogP contribution in [0.5, 0.6) is 0 Å². The molecule has 2 N–H and O–H groups in total. The molecular weight excluding hydrogens is 290 g/mol. The van der Waals surface area contributed by atoms with Crippen molar-refractivity contribution in [2.45, 2.75) is 0 Å². The minimum absolute atomic E-state index is 0.0418. The average Bonchev–Trinajstić information content (AvgIpc) is 2.53. The summed E-state index contributed by atoms with van der Waals surface area (Å²) in [5.41, 5.74) is -0.440. The quantitative estimate of drug-likeness (QED) is 0.567. The van der Waals surface area contributed by atoms with Gasteiger partial charge in [0, 0.05) is 19.0 Å². The van der Waals surface area contributed by atoms with E-state index in [9.17, 15) is 14.4 Å². The molecule has 0 saturated heterocycles. The van der Waals surface area contributed by atoms with Crippen LogP contribution in [0.2, 0.25) is 0 Å². The summed E-state index contributed by atoms with van der Waals surface area (Å²) < 4.78 is 9.67. The molecule has 0 aliphatic heterocycles. The van der Waals surface area contributed by atoms with Crippen molar-refractivity contribution in [2.24, 2.45) is 0 Å². The van der Waals surface area contributed by atoms with E-state index < -0.39 is 24.0 Å². The van der Waals surface area contributed by atoms with Gasteiger partial charge in [-0.25, -0.2) is 9.89 Å². The Hall–Kier alpha value is -2.74. The molecule has 2 rings (SSSR count). The number of methoxy groups -OCH3 is 1. The first-order valence-electron chi connectivity index (χ1n) is 6.53. The van der Waals surface area contributed by atoms with Crippen LogP contribution in [-0.4, -0.2) is 48.9 Å². The molecule has 2 aromatic rings. The van der Waals surface area contributed by atoms with E-state index >= 15 is 0 Å². The third-order valence-electron chi connectivity index (χ3n) is 2.85. The maximum atomic E-state index is 12.0. The number of rotatable bonds is 6. The highest BCUT2D eigenvalue weighted by Crippen LogP contribution is 2.13. The van der Waals surface area contributed by atoms with Gasteiger partial charge in [-0.1, -0.05) is 18.2 Å². The first-order chi connectivity index (χ1) is 10.6. The summed E-state index contributed by atoms with van der Waals surface area (Å²) >= 11 is 0. The number of esters is 1. The van der Waals surface area contributed by atoms with Crippen LogP contribution in [0, 0.1) is 0 Å². The normalized spacial score (nSPS) is 10.4. The Kier molecular flexibility index (Phi) is 5.21. The third kappa shape index (κ3) is 3.67. The van der Waals surface area contributed by atoms with Crippen LogP contribution in [0.4, 0.5) is 0 Å². The van der Waals surface area contributed by atoms with Crippen LogP contribution in [0.25, 0.3) is 10.8 Å².